The van der Waals surface area contributed by atoms with Crippen molar-refractivity contribution in [3.8, 4) is 0 Å². The fourth-order valence-corrected chi connectivity index (χ4v) is 2.81. The molecule has 92 valence electrons. The molecule has 0 spiro atoms. The van der Waals surface area contributed by atoms with Crippen molar-refractivity contribution in [2.75, 3.05) is 5.75 Å². The molecule has 1 aliphatic heterocycles. The molecule has 0 atom stereocenters. The van der Waals surface area contributed by atoms with Crippen molar-refractivity contribution in [2.24, 2.45) is 5.41 Å². The average molecular weight is 242 g/mol. The number of nitrogens with zero attached hydrogens (tertiary/aromatic N) is 1. The Hall–Kier alpha value is -0.640. The highest BCUT2D eigenvalue weighted by Crippen LogP contribution is 2.27. The first-order chi connectivity index (χ1) is 7.20. The van der Waals surface area contributed by atoms with Crippen molar-refractivity contribution in [3.05, 3.63) is 12.3 Å². The molecule has 2 amide bonds. The van der Waals surface area contributed by atoms with E-state index in [1.165, 1.54) is 11.9 Å². The maximum Gasteiger partial charge on any atom is 0.331 e. The van der Waals surface area contributed by atoms with Crippen LogP contribution in [0.25, 0.3) is 0 Å². The van der Waals surface area contributed by atoms with Gasteiger partial charge in [0.2, 0.25) is 0 Å². The summed E-state index contributed by atoms with van der Waals surface area (Å²) in [5, 5.41) is 3.07. The van der Waals surface area contributed by atoms with E-state index in [2.05, 4.69) is 39.9 Å². The average Bonchev–Trinajstić information content (AvgIpc) is 2.48. The van der Waals surface area contributed by atoms with Gasteiger partial charge in [-0.1, -0.05) is 26.8 Å². The van der Waals surface area contributed by atoms with Crippen LogP contribution in [-0.4, -0.2) is 21.6 Å². The van der Waals surface area contributed by atoms with Crippen molar-refractivity contribution in [1.82, 2.24) is 9.62 Å². The number of carbonyl (C=O) groups is 1. The lowest BCUT2D eigenvalue weighted by molar-refractivity contribution is 0.204. The largest absolute Gasteiger partial charge is 0.332 e. The zero-order chi connectivity index (χ0) is 12.4. The highest BCUT2D eigenvalue weighted by molar-refractivity contribution is 7.98. The zero-order valence-electron chi connectivity index (χ0n) is 10.8. The van der Waals surface area contributed by atoms with Crippen LogP contribution in [0.5, 0.6) is 0 Å². The summed E-state index contributed by atoms with van der Waals surface area (Å²) in [6, 6.07) is -0.0204. The third-order valence-electron chi connectivity index (χ3n) is 2.17. The first-order valence-electron chi connectivity index (χ1n) is 5.61. The monoisotopic (exact) mass is 242 g/mol. The van der Waals surface area contributed by atoms with Gasteiger partial charge in [0.15, 0.2) is 0 Å². The van der Waals surface area contributed by atoms with Gasteiger partial charge in [-0.2, -0.15) is 0 Å². The van der Waals surface area contributed by atoms with E-state index in [1.807, 2.05) is 12.3 Å². The van der Waals surface area contributed by atoms with Gasteiger partial charge in [-0.3, -0.25) is 0 Å². The molecular formula is C12H22N2OS. The fraction of sp³-hybridized carbons (Fsp3) is 0.750. The first-order valence-corrected chi connectivity index (χ1v) is 6.55. The maximum absolute atomic E-state index is 11.9. The second-order valence-corrected chi connectivity index (χ2v) is 7.04. The van der Waals surface area contributed by atoms with E-state index in [9.17, 15) is 4.79 Å². The molecule has 0 bridgehead atoms. The summed E-state index contributed by atoms with van der Waals surface area (Å²) in [5.41, 5.74) is 0.0388. The molecule has 0 saturated heterocycles. The summed E-state index contributed by atoms with van der Waals surface area (Å²) >= 11 is 1.52. The zero-order valence-corrected chi connectivity index (χ0v) is 11.6. The topological polar surface area (TPSA) is 32.3 Å². The minimum absolute atomic E-state index is 0.0204. The van der Waals surface area contributed by atoms with Crippen LogP contribution >= 0.6 is 11.9 Å². The molecule has 0 aliphatic carbocycles. The van der Waals surface area contributed by atoms with Crippen LogP contribution in [0.15, 0.2) is 12.3 Å². The Bertz CT molecular complexity index is 292. The van der Waals surface area contributed by atoms with Crippen LogP contribution in [0.3, 0.4) is 0 Å². The molecular weight excluding hydrogens is 220 g/mol. The van der Waals surface area contributed by atoms with Gasteiger partial charge in [0.25, 0.3) is 0 Å². The Balaban J connectivity index is 2.51. The standard InChI is InChI=1S/C12H22N2OS/c1-11(2,3)9-12(4,5)13-10(15)14-7-6-8-16-14/h6-7H,8-9H2,1-5H3,(H,13,15). The van der Waals surface area contributed by atoms with Crippen molar-refractivity contribution >= 4 is 18.0 Å². The number of hydrogen-bond donors (Lipinski definition) is 1. The quantitative estimate of drug-likeness (QED) is 0.753. The van der Waals surface area contributed by atoms with Gasteiger partial charge in [-0.05, 0) is 37.6 Å². The molecule has 4 heteroatoms. The summed E-state index contributed by atoms with van der Waals surface area (Å²) in [7, 11) is 0. The molecule has 16 heavy (non-hydrogen) atoms. The van der Waals surface area contributed by atoms with E-state index in [0.29, 0.717) is 0 Å². The Morgan fingerprint density at radius 1 is 1.38 bits per heavy atom. The molecule has 1 N–H and O–H groups in total. The Morgan fingerprint density at radius 2 is 2.00 bits per heavy atom. The lowest BCUT2D eigenvalue weighted by Gasteiger charge is -2.34. The van der Waals surface area contributed by atoms with Gasteiger partial charge in [-0.25, -0.2) is 9.10 Å². The Morgan fingerprint density at radius 3 is 2.44 bits per heavy atom. The van der Waals surface area contributed by atoms with Crippen LogP contribution in [0.2, 0.25) is 0 Å². The molecule has 1 heterocycles. The van der Waals surface area contributed by atoms with E-state index >= 15 is 0 Å². The number of hydrogen-bond acceptors (Lipinski definition) is 2. The first kappa shape index (κ1) is 13.4. The lowest BCUT2D eigenvalue weighted by atomic mass is 9.82. The van der Waals surface area contributed by atoms with E-state index in [-0.39, 0.29) is 17.0 Å². The molecule has 0 aromatic carbocycles. The SMILES string of the molecule is CC(C)(C)CC(C)(C)NC(=O)N1C=CCS1. The van der Waals surface area contributed by atoms with E-state index < -0.39 is 0 Å². The summed E-state index contributed by atoms with van der Waals surface area (Å²) in [4.78, 5) is 11.9. The molecule has 0 radical (unpaired) electrons. The van der Waals surface area contributed by atoms with E-state index in [4.69, 9.17) is 0 Å². The highest BCUT2D eigenvalue weighted by atomic mass is 32.2. The summed E-state index contributed by atoms with van der Waals surface area (Å²) < 4.78 is 1.66. The van der Waals surface area contributed by atoms with Crippen molar-refractivity contribution in [3.63, 3.8) is 0 Å². The normalized spacial score (nSPS) is 16.7. The van der Waals surface area contributed by atoms with E-state index in [1.54, 1.807) is 4.31 Å². The van der Waals surface area contributed by atoms with Gasteiger partial charge in [0.1, 0.15) is 0 Å². The minimum atomic E-state index is -0.174. The molecule has 0 aromatic heterocycles. The third-order valence-corrected chi connectivity index (χ3v) is 3.08. The van der Waals surface area contributed by atoms with Crippen LogP contribution in [-0.2, 0) is 0 Å². The molecule has 3 nitrogen and oxygen atoms in total. The van der Waals surface area contributed by atoms with Crippen molar-refractivity contribution in [2.45, 2.75) is 46.6 Å². The van der Waals surface area contributed by atoms with Gasteiger partial charge in [-0.15, -0.1) is 0 Å². The predicted molar refractivity (Wildman–Crippen MR) is 70.1 cm³/mol. The Labute approximate surface area is 103 Å². The van der Waals surface area contributed by atoms with Crippen molar-refractivity contribution in [1.29, 1.82) is 0 Å². The second-order valence-electron chi connectivity index (χ2n) is 6.06. The van der Waals surface area contributed by atoms with Crippen LogP contribution < -0.4 is 5.32 Å². The minimum Gasteiger partial charge on any atom is -0.332 e. The highest BCUT2D eigenvalue weighted by Gasteiger charge is 2.28. The second kappa shape index (κ2) is 4.70. The van der Waals surface area contributed by atoms with Crippen molar-refractivity contribution < 1.29 is 4.79 Å². The molecule has 1 aliphatic rings. The lowest BCUT2D eigenvalue weighted by Crippen LogP contribution is -2.48. The maximum atomic E-state index is 11.9. The molecule has 0 saturated carbocycles. The van der Waals surface area contributed by atoms with Gasteiger partial charge in [0.05, 0.1) is 0 Å². The third kappa shape index (κ3) is 4.47. The molecule has 0 fully saturated rings. The molecule has 0 aromatic rings. The predicted octanol–water partition coefficient (Wildman–Crippen LogP) is 3.39. The number of nitrogens with one attached hydrogen (secondary N) is 1. The van der Waals surface area contributed by atoms with Gasteiger partial charge >= 0.3 is 6.03 Å². The number of rotatable bonds is 2. The van der Waals surface area contributed by atoms with Crippen LogP contribution in [0, 0.1) is 5.41 Å². The summed E-state index contributed by atoms with van der Waals surface area (Å²) in [6.45, 7) is 10.7. The van der Waals surface area contributed by atoms with Gasteiger partial charge in [0, 0.05) is 17.5 Å². The Kier molecular flexibility index (Phi) is 3.94. The number of amides is 2. The van der Waals surface area contributed by atoms with Gasteiger partial charge < -0.3 is 5.32 Å². The van der Waals surface area contributed by atoms with Crippen LogP contribution in [0.4, 0.5) is 4.79 Å². The van der Waals surface area contributed by atoms with E-state index in [0.717, 1.165) is 12.2 Å². The molecule has 1 rings (SSSR count). The number of carbonyl (C=O) groups excluding carboxylic acids is 1. The molecule has 0 unspecified atom stereocenters. The number of urea groups is 1. The fourth-order valence-electron chi connectivity index (χ4n) is 2.15. The summed E-state index contributed by atoms with van der Waals surface area (Å²) in [6.07, 6.45) is 4.77. The smallest absolute Gasteiger partial charge is 0.331 e. The summed E-state index contributed by atoms with van der Waals surface area (Å²) in [5.74, 6) is 0.882. The van der Waals surface area contributed by atoms with Crippen LogP contribution in [0.1, 0.15) is 41.0 Å².